The van der Waals surface area contributed by atoms with Crippen molar-refractivity contribution in [2.75, 3.05) is 19.8 Å². The Morgan fingerprint density at radius 3 is 2.73 bits per heavy atom. The number of hydrogen-bond acceptors (Lipinski definition) is 3. The van der Waals surface area contributed by atoms with E-state index >= 15 is 0 Å². The van der Waals surface area contributed by atoms with Crippen LogP contribution >= 0.6 is 0 Å². The molecule has 0 aliphatic carbocycles. The van der Waals surface area contributed by atoms with Crippen LogP contribution in [0.2, 0.25) is 0 Å². The van der Waals surface area contributed by atoms with Crippen LogP contribution in [0.3, 0.4) is 0 Å². The third kappa shape index (κ3) is 2.55. The molecule has 0 fully saturated rings. The smallest absolute Gasteiger partial charge is 0.123 e. The molecule has 11 heavy (non-hydrogen) atoms. The third-order valence-corrected chi connectivity index (χ3v) is 1.31. The van der Waals surface area contributed by atoms with Gasteiger partial charge in [0.1, 0.15) is 5.82 Å². The van der Waals surface area contributed by atoms with Crippen molar-refractivity contribution in [1.82, 2.24) is 9.88 Å². The van der Waals surface area contributed by atoms with Crippen LogP contribution in [-0.4, -0.2) is 24.0 Å². The predicted molar refractivity (Wildman–Crippen MR) is 46.0 cm³/mol. The molecule has 0 radical (unpaired) electrons. The van der Waals surface area contributed by atoms with E-state index in [0.717, 1.165) is 12.2 Å². The minimum atomic E-state index is 0.587. The standard InChI is InChI=1S/C8H13N3/c1-11(2)6-7-4-3-5-8(9)10-7/h3-5H,6H2,1-2H3,(H2,9,10). The maximum absolute atomic E-state index is 5.50. The number of aromatic nitrogens is 1. The Labute approximate surface area is 66.8 Å². The van der Waals surface area contributed by atoms with Crippen molar-refractivity contribution in [2.24, 2.45) is 0 Å². The lowest BCUT2D eigenvalue weighted by Crippen LogP contribution is -2.12. The van der Waals surface area contributed by atoms with E-state index in [1.165, 1.54) is 0 Å². The zero-order chi connectivity index (χ0) is 8.27. The Balaban J connectivity index is 2.71. The van der Waals surface area contributed by atoms with Gasteiger partial charge in [0.2, 0.25) is 0 Å². The van der Waals surface area contributed by atoms with E-state index < -0.39 is 0 Å². The lowest BCUT2D eigenvalue weighted by molar-refractivity contribution is 0.397. The lowest BCUT2D eigenvalue weighted by Gasteiger charge is -2.08. The van der Waals surface area contributed by atoms with Gasteiger partial charge in [-0.3, -0.25) is 0 Å². The Morgan fingerprint density at radius 1 is 1.45 bits per heavy atom. The van der Waals surface area contributed by atoms with Crippen LogP contribution in [0.25, 0.3) is 0 Å². The van der Waals surface area contributed by atoms with Crippen LogP contribution < -0.4 is 5.73 Å². The summed E-state index contributed by atoms with van der Waals surface area (Å²) in [6, 6.07) is 5.68. The molecule has 0 bridgehead atoms. The molecule has 0 saturated carbocycles. The highest BCUT2D eigenvalue weighted by Crippen LogP contribution is 2.01. The fourth-order valence-corrected chi connectivity index (χ4v) is 0.910. The molecule has 1 rings (SSSR count). The molecule has 0 aliphatic heterocycles. The van der Waals surface area contributed by atoms with Gasteiger partial charge < -0.3 is 10.6 Å². The van der Waals surface area contributed by atoms with Gasteiger partial charge in [-0.15, -0.1) is 0 Å². The summed E-state index contributed by atoms with van der Waals surface area (Å²) in [5.74, 6) is 0.587. The van der Waals surface area contributed by atoms with Crippen molar-refractivity contribution in [3.8, 4) is 0 Å². The minimum absolute atomic E-state index is 0.587. The second-order valence-corrected chi connectivity index (χ2v) is 2.79. The molecule has 0 aromatic carbocycles. The van der Waals surface area contributed by atoms with Crippen molar-refractivity contribution in [3.05, 3.63) is 23.9 Å². The van der Waals surface area contributed by atoms with E-state index in [1.807, 2.05) is 26.2 Å². The second kappa shape index (κ2) is 3.34. The average molecular weight is 151 g/mol. The molecular formula is C8H13N3. The minimum Gasteiger partial charge on any atom is -0.384 e. The van der Waals surface area contributed by atoms with Gasteiger partial charge in [-0.1, -0.05) is 6.07 Å². The first-order valence-electron chi connectivity index (χ1n) is 3.54. The third-order valence-electron chi connectivity index (χ3n) is 1.31. The van der Waals surface area contributed by atoms with Gasteiger partial charge in [0, 0.05) is 6.54 Å². The van der Waals surface area contributed by atoms with Crippen LogP contribution in [0.15, 0.2) is 18.2 Å². The van der Waals surface area contributed by atoms with E-state index in [0.29, 0.717) is 5.82 Å². The van der Waals surface area contributed by atoms with Crippen molar-refractivity contribution >= 4 is 5.82 Å². The Bertz CT molecular complexity index is 233. The molecule has 1 heterocycles. The van der Waals surface area contributed by atoms with Gasteiger partial charge in [0.25, 0.3) is 0 Å². The highest BCUT2D eigenvalue weighted by Gasteiger charge is 1.95. The first-order valence-corrected chi connectivity index (χ1v) is 3.54. The summed E-state index contributed by atoms with van der Waals surface area (Å²) in [6.07, 6.45) is 0. The normalized spacial score (nSPS) is 10.5. The maximum atomic E-state index is 5.50. The average Bonchev–Trinajstić information content (AvgIpc) is 1.85. The summed E-state index contributed by atoms with van der Waals surface area (Å²) in [7, 11) is 4.01. The Morgan fingerprint density at radius 2 is 2.18 bits per heavy atom. The number of nitrogens with zero attached hydrogens (tertiary/aromatic N) is 2. The molecule has 0 spiro atoms. The molecule has 0 aliphatic rings. The molecule has 1 aromatic rings. The van der Waals surface area contributed by atoms with Gasteiger partial charge in [-0.05, 0) is 26.2 Å². The van der Waals surface area contributed by atoms with Crippen LogP contribution in [-0.2, 0) is 6.54 Å². The fraction of sp³-hybridized carbons (Fsp3) is 0.375. The molecule has 0 unspecified atom stereocenters. The second-order valence-electron chi connectivity index (χ2n) is 2.79. The number of anilines is 1. The van der Waals surface area contributed by atoms with Gasteiger partial charge in [-0.25, -0.2) is 4.98 Å². The van der Waals surface area contributed by atoms with E-state index in [1.54, 1.807) is 6.07 Å². The first-order chi connectivity index (χ1) is 5.18. The molecule has 2 N–H and O–H groups in total. The van der Waals surface area contributed by atoms with Crippen LogP contribution in [0, 0.1) is 0 Å². The van der Waals surface area contributed by atoms with Crippen LogP contribution in [0.1, 0.15) is 5.69 Å². The van der Waals surface area contributed by atoms with E-state index in [9.17, 15) is 0 Å². The zero-order valence-corrected chi connectivity index (χ0v) is 6.91. The molecule has 0 saturated heterocycles. The van der Waals surface area contributed by atoms with E-state index in [4.69, 9.17) is 5.73 Å². The quantitative estimate of drug-likeness (QED) is 0.677. The summed E-state index contributed by atoms with van der Waals surface area (Å²) in [4.78, 5) is 6.21. The topological polar surface area (TPSA) is 42.1 Å². The monoisotopic (exact) mass is 151 g/mol. The number of nitrogens with two attached hydrogens (primary N) is 1. The lowest BCUT2D eigenvalue weighted by atomic mass is 10.3. The summed E-state index contributed by atoms with van der Waals surface area (Å²) in [5, 5.41) is 0. The van der Waals surface area contributed by atoms with Gasteiger partial charge in [0.15, 0.2) is 0 Å². The van der Waals surface area contributed by atoms with Gasteiger partial charge in [-0.2, -0.15) is 0 Å². The highest BCUT2D eigenvalue weighted by molar-refractivity contribution is 5.28. The van der Waals surface area contributed by atoms with Gasteiger partial charge >= 0.3 is 0 Å². The summed E-state index contributed by atoms with van der Waals surface area (Å²) in [5.41, 5.74) is 6.51. The van der Waals surface area contributed by atoms with Crippen molar-refractivity contribution in [1.29, 1.82) is 0 Å². The maximum Gasteiger partial charge on any atom is 0.123 e. The summed E-state index contributed by atoms with van der Waals surface area (Å²) < 4.78 is 0. The summed E-state index contributed by atoms with van der Waals surface area (Å²) >= 11 is 0. The van der Waals surface area contributed by atoms with Crippen molar-refractivity contribution in [2.45, 2.75) is 6.54 Å². The highest BCUT2D eigenvalue weighted by atomic mass is 15.1. The Kier molecular flexibility index (Phi) is 2.44. The molecule has 3 heteroatoms. The predicted octanol–water partition coefficient (Wildman–Crippen LogP) is 0.725. The fourth-order valence-electron chi connectivity index (χ4n) is 0.910. The number of nitrogen functional groups attached to an aromatic ring is 1. The van der Waals surface area contributed by atoms with E-state index in [2.05, 4.69) is 9.88 Å². The molecular weight excluding hydrogens is 138 g/mol. The largest absolute Gasteiger partial charge is 0.384 e. The Hall–Kier alpha value is -1.09. The van der Waals surface area contributed by atoms with Crippen molar-refractivity contribution in [3.63, 3.8) is 0 Å². The summed E-state index contributed by atoms with van der Waals surface area (Å²) in [6.45, 7) is 0.838. The SMILES string of the molecule is CN(C)Cc1cccc(N)n1. The number of rotatable bonds is 2. The molecule has 60 valence electrons. The molecule has 3 nitrogen and oxygen atoms in total. The molecule has 1 aromatic heterocycles. The van der Waals surface area contributed by atoms with Crippen molar-refractivity contribution < 1.29 is 0 Å². The molecule has 0 atom stereocenters. The van der Waals surface area contributed by atoms with E-state index in [-0.39, 0.29) is 0 Å². The van der Waals surface area contributed by atoms with Crippen LogP contribution in [0.5, 0.6) is 0 Å². The number of pyridine rings is 1. The number of hydrogen-bond donors (Lipinski definition) is 1. The molecule has 0 amide bonds. The zero-order valence-electron chi connectivity index (χ0n) is 6.91. The van der Waals surface area contributed by atoms with Gasteiger partial charge in [0.05, 0.1) is 5.69 Å². The first kappa shape index (κ1) is 8.01. The van der Waals surface area contributed by atoms with Crippen LogP contribution in [0.4, 0.5) is 5.82 Å².